The minimum atomic E-state index is -0.343. The number of nitrogens with zero attached hydrogens (tertiary/aromatic N) is 1. The Balaban J connectivity index is 1.50. The largest absolute Gasteiger partial charge is 0.466 e. The number of hydrogen-bond donors (Lipinski definition) is 1. The summed E-state index contributed by atoms with van der Waals surface area (Å²) >= 11 is 0. The topological polar surface area (TPSA) is 43.3 Å². The molecule has 4 nitrogen and oxygen atoms in total. The van der Waals surface area contributed by atoms with E-state index in [4.69, 9.17) is 0 Å². The number of hydrogen-bond acceptors (Lipinski definition) is 3. The van der Waals surface area contributed by atoms with Crippen LogP contribution in [0.15, 0.2) is 60.8 Å². The van der Waals surface area contributed by atoms with Gasteiger partial charge in [0.05, 0.1) is 7.11 Å². The van der Waals surface area contributed by atoms with Gasteiger partial charge in [-0.1, -0.05) is 42.5 Å². The number of nitrogens with one attached hydrogen (secondary N) is 1. The number of rotatable bonds is 7. The standard InChI is InChI=1S/C22H24N2O2/c1-24-16-19(20-5-3-4-6-21(20)24)13-14-23-15-18-9-7-17(8-10-18)11-12-22(25)26-2/h3-12,16,23H,13-15H2,1-2H3/b12-11+. The van der Waals surface area contributed by atoms with Crippen molar-refractivity contribution in [2.24, 2.45) is 7.05 Å². The number of fused-ring (bicyclic) bond motifs is 1. The van der Waals surface area contributed by atoms with Gasteiger partial charge in [0.25, 0.3) is 0 Å². The second kappa shape index (κ2) is 8.50. The highest BCUT2D eigenvalue weighted by Gasteiger charge is 2.05. The van der Waals surface area contributed by atoms with Crippen LogP contribution in [0.3, 0.4) is 0 Å². The van der Waals surface area contributed by atoms with Gasteiger partial charge < -0.3 is 14.6 Å². The van der Waals surface area contributed by atoms with E-state index < -0.39 is 0 Å². The molecule has 3 rings (SSSR count). The summed E-state index contributed by atoms with van der Waals surface area (Å²) in [7, 11) is 3.47. The third-order valence-corrected chi connectivity index (χ3v) is 4.47. The molecule has 1 heterocycles. The molecule has 3 aromatic rings. The van der Waals surface area contributed by atoms with Crippen molar-refractivity contribution < 1.29 is 9.53 Å². The van der Waals surface area contributed by atoms with Gasteiger partial charge in [0, 0.05) is 36.8 Å². The quantitative estimate of drug-likeness (QED) is 0.402. The Morgan fingerprint density at radius 2 is 1.92 bits per heavy atom. The maximum atomic E-state index is 11.1. The molecule has 1 N–H and O–H groups in total. The number of ether oxygens (including phenoxy) is 1. The van der Waals surface area contributed by atoms with Crippen molar-refractivity contribution >= 4 is 22.9 Å². The van der Waals surface area contributed by atoms with Gasteiger partial charge in [-0.25, -0.2) is 4.79 Å². The van der Waals surface area contributed by atoms with Crippen molar-refractivity contribution in [2.75, 3.05) is 13.7 Å². The molecule has 0 saturated heterocycles. The van der Waals surface area contributed by atoms with Crippen LogP contribution in [0.2, 0.25) is 0 Å². The molecule has 1 aromatic heterocycles. The minimum absolute atomic E-state index is 0.343. The lowest BCUT2D eigenvalue weighted by atomic mass is 10.1. The lowest BCUT2D eigenvalue weighted by Crippen LogP contribution is -2.16. The molecule has 0 saturated carbocycles. The van der Waals surface area contributed by atoms with Gasteiger partial charge in [-0.3, -0.25) is 0 Å². The van der Waals surface area contributed by atoms with Crippen LogP contribution in [-0.2, 0) is 29.5 Å². The molecule has 2 aromatic carbocycles. The average molecular weight is 348 g/mol. The van der Waals surface area contributed by atoms with E-state index in [1.54, 1.807) is 6.08 Å². The minimum Gasteiger partial charge on any atom is -0.466 e. The summed E-state index contributed by atoms with van der Waals surface area (Å²) in [5.74, 6) is -0.343. The monoisotopic (exact) mass is 348 g/mol. The highest BCUT2D eigenvalue weighted by Crippen LogP contribution is 2.20. The summed E-state index contributed by atoms with van der Waals surface area (Å²) in [6.07, 6.45) is 6.40. The number of carbonyl (C=O) groups is 1. The fourth-order valence-electron chi connectivity index (χ4n) is 3.06. The zero-order valence-corrected chi connectivity index (χ0v) is 15.2. The lowest BCUT2D eigenvalue weighted by molar-refractivity contribution is -0.134. The van der Waals surface area contributed by atoms with Crippen LogP contribution < -0.4 is 5.32 Å². The Hall–Kier alpha value is -2.85. The van der Waals surface area contributed by atoms with E-state index in [0.29, 0.717) is 0 Å². The van der Waals surface area contributed by atoms with Crippen LogP contribution in [-0.4, -0.2) is 24.2 Å². The van der Waals surface area contributed by atoms with E-state index in [1.807, 2.05) is 12.1 Å². The molecule has 0 amide bonds. The predicted octanol–water partition coefficient (Wildman–Crippen LogP) is 3.70. The fraction of sp³-hybridized carbons (Fsp3) is 0.227. The summed E-state index contributed by atoms with van der Waals surface area (Å²) in [6, 6.07) is 16.7. The van der Waals surface area contributed by atoms with Crippen molar-refractivity contribution in [1.29, 1.82) is 0 Å². The summed E-state index contributed by atoms with van der Waals surface area (Å²) in [4.78, 5) is 11.1. The number of methoxy groups -OCH3 is 1. The third-order valence-electron chi connectivity index (χ3n) is 4.47. The number of aromatic nitrogens is 1. The van der Waals surface area contributed by atoms with E-state index in [1.165, 1.54) is 35.2 Å². The summed E-state index contributed by atoms with van der Waals surface area (Å²) in [5, 5.41) is 4.83. The average Bonchev–Trinajstić information content (AvgIpc) is 3.00. The first-order valence-electron chi connectivity index (χ1n) is 8.76. The van der Waals surface area contributed by atoms with Crippen LogP contribution in [0.5, 0.6) is 0 Å². The third kappa shape index (κ3) is 4.41. The van der Waals surface area contributed by atoms with Gasteiger partial charge >= 0.3 is 5.97 Å². The molecular weight excluding hydrogens is 324 g/mol. The van der Waals surface area contributed by atoms with Crippen molar-refractivity contribution in [2.45, 2.75) is 13.0 Å². The molecule has 0 bridgehead atoms. The maximum absolute atomic E-state index is 11.1. The lowest BCUT2D eigenvalue weighted by Gasteiger charge is -2.05. The van der Waals surface area contributed by atoms with Crippen LogP contribution in [0.4, 0.5) is 0 Å². The van der Waals surface area contributed by atoms with Crippen molar-refractivity contribution in [1.82, 2.24) is 9.88 Å². The van der Waals surface area contributed by atoms with Gasteiger partial charge in [0.1, 0.15) is 0 Å². The molecule has 0 unspecified atom stereocenters. The van der Waals surface area contributed by atoms with Crippen molar-refractivity contribution in [3.05, 3.63) is 77.5 Å². The molecule has 0 radical (unpaired) electrons. The zero-order chi connectivity index (χ0) is 18.4. The normalized spacial score (nSPS) is 11.3. The first-order valence-corrected chi connectivity index (χ1v) is 8.76. The zero-order valence-electron chi connectivity index (χ0n) is 15.2. The van der Waals surface area contributed by atoms with Crippen LogP contribution in [0, 0.1) is 0 Å². The number of carbonyl (C=O) groups excluding carboxylic acids is 1. The van der Waals surface area contributed by atoms with E-state index in [0.717, 1.165) is 25.1 Å². The molecule has 0 aliphatic heterocycles. The first kappa shape index (κ1) is 18.0. The second-order valence-corrected chi connectivity index (χ2v) is 6.31. The molecule has 134 valence electrons. The molecule has 0 spiro atoms. The summed E-state index contributed by atoms with van der Waals surface area (Å²) in [6.45, 7) is 1.75. The van der Waals surface area contributed by atoms with Crippen LogP contribution in [0.1, 0.15) is 16.7 Å². The van der Waals surface area contributed by atoms with E-state index in [2.05, 4.69) is 64.3 Å². The Bertz CT molecular complexity index is 908. The summed E-state index contributed by atoms with van der Waals surface area (Å²) in [5.41, 5.74) is 4.85. The molecular formula is C22H24N2O2. The number of esters is 1. The summed E-state index contributed by atoms with van der Waals surface area (Å²) < 4.78 is 6.77. The van der Waals surface area contributed by atoms with Gasteiger partial charge in [-0.2, -0.15) is 0 Å². The van der Waals surface area contributed by atoms with Crippen molar-refractivity contribution in [3.63, 3.8) is 0 Å². The van der Waals surface area contributed by atoms with E-state index in [9.17, 15) is 4.79 Å². The molecule has 0 fully saturated rings. The Kier molecular flexibility index (Phi) is 5.87. The van der Waals surface area contributed by atoms with E-state index in [-0.39, 0.29) is 5.97 Å². The highest BCUT2D eigenvalue weighted by molar-refractivity contribution is 5.87. The van der Waals surface area contributed by atoms with Crippen molar-refractivity contribution in [3.8, 4) is 0 Å². The van der Waals surface area contributed by atoms with Gasteiger partial charge in [0.15, 0.2) is 0 Å². The number of aryl methyl sites for hydroxylation is 1. The second-order valence-electron chi connectivity index (χ2n) is 6.31. The maximum Gasteiger partial charge on any atom is 0.330 e. The fourth-order valence-corrected chi connectivity index (χ4v) is 3.06. The predicted molar refractivity (Wildman–Crippen MR) is 106 cm³/mol. The molecule has 26 heavy (non-hydrogen) atoms. The van der Waals surface area contributed by atoms with Crippen LogP contribution in [0.25, 0.3) is 17.0 Å². The highest BCUT2D eigenvalue weighted by atomic mass is 16.5. The molecule has 0 aliphatic rings. The number of benzene rings is 2. The van der Waals surface area contributed by atoms with Gasteiger partial charge in [0.2, 0.25) is 0 Å². The molecule has 0 aliphatic carbocycles. The number of para-hydroxylation sites is 1. The Morgan fingerprint density at radius 1 is 1.15 bits per heavy atom. The SMILES string of the molecule is COC(=O)/C=C/c1ccc(CNCCc2cn(C)c3ccccc23)cc1. The Labute approximate surface area is 154 Å². The first-order chi connectivity index (χ1) is 12.7. The smallest absolute Gasteiger partial charge is 0.330 e. The molecule has 0 atom stereocenters. The van der Waals surface area contributed by atoms with Gasteiger partial charge in [-0.15, -0.1) is 0 Å². The van der Waals surface area contributed by atoms with E-state index >= 15 is 0 Å². The molecule has 4 heteroatoms. The van der Waals surface area contributed by atoms with Gasteiger partial charge in [-0.05, 0) is 41.8 Å². The van der Waals surface area contributed by atoms with Crippen LogP contribution >= 0.6 is 0 Å². The Morgan fingerprint density at radius 3 is 2.69 bits per heavy atom.